The van der Waals surface area contributed by atoms with Crippen LogP contribution in [0.2, 0.25) is 5.02 Å². The molecule has 0 saturated carbocycles. The van der Waals surface area contributed by atoms with Gasteiger partial charge < -0.3 is 10.1 Å². The van der Waals surface area contributed by atoms with Crippen LogP contribution in [-0.4, -0.2) is 47.2 Å². The van der Waals surface area contributed by atoms with E-state index >= 15 is 0 Å². The van der Waals surface area contributed by atoms with E-state index < -0.39 is 34.1 Å². The topological polar surface area (TPSA) is 122 Å². The highest BCUT2D eigenvalue weighted by Gasteiger charge is 2.75. The zero-order valence-electron chi connectivity index (χ0n) is 18.9. The Kier molecular flexibility index (Phi) is 4.56. The second-order valence-corrected chi connectivity index (χ2v) is 9.83. The van der Waals surface area contributed by atoms with E-state index in [9.17, 15) is 24.5 Å². The number of amides is 3. The third-order valence-corrected chi connectivity index (χ3v) is 8.10. The highest BCUT2D eigenvalue weighted by molar-refractivity contribution is 6.31. The van der Waals surface area contributed by atoms with Gasteiger partial charge in [-0.2, -0.15) is 0 Å². The molecule has 35 heavy (non-hydrogen) atoms. The van der Waals surface area contributed by atoms with E-state index in [1.165, 1.54) is 25.3 Å². The lowest BCUT2D eigenvalue weighted by molar-refractivity contribution is -0.384. The molecule has 0 aromatic heterocycles. The minimum Gasteiger partial charge on any atom is -0.495 e. The van der Waals surface area contributed by atoms with Gasteiger partial charge in [0, 0.05) is 34.4 Å². The predicted molar refractivity (Wildman–Crippen MR) is 125 cm³/mol. The molecule has 4 heterocycles. The maximum absolute atomic E-state index is 14.1. The highest BCUT2D eigenvalue weighted by Crippen LogP contribution is 2.61. The number of nitro groups is 1. The maximum atomic E-state index is 14.1. The average Bonchev–Trinajstić information content (AvgIpc) is 3.52. The number of nitro benzene ring substituents is 1. The molecule has 3 saturated heterocycles. The van der Waals surface area contributed by atoms with Gasteiger partial charge in [-0.05, 0) is 50.1 Å². The molecule has 11 heteroatoms. The van der Waals surface area contributed by atoms with Crippen molar-refractivity contribution in [3.05, 3.63) is 56.6 Å². The normalized spacial score (nSPS) is 28.9. The molecule has 10 nitrogen and oxygen atoms in total. The van der Waals surface area contributed by atoms with Crippen LogP contribution in [0.5, 0.6) is 5.75 Å². The summed E-state index contributed by atoms with van der Waals surface area (Å²) in [6, 6.07) is 6.91. The predicted octanol–water partition coefficient (Wildman–Crippen LogP) is 3.00. The van der Waals surface area contributed by atoms with Crippen LogP contribution in [0.3, 0.4) is 0 Å². The van der Waals surface area contributed by atoms with Crippen molar-refractivity contribution >= 4 is 46.4 Å². The fourth-order valence-electron chi connectivity index (χ4n) is 6.64. The molecule has 2 aromatic rings. The Morgan fingerprint density at radius 3 is 2.69 bits per heavy atom. The summed E-state index contributed by atoms with van der Waals surface area (Å²) in [4.78, 5) is 55.6. The van der Waals surface area contributed by atoms with Gasteiger partial charge in [0.2, 0.25) is 17.7 Å². The number of fused-ring (bicyclic) bond motifs is 7. The van der Waals surface area contributed by atoms with Crippen molar-refractivity contribution in [2.75, 3.05) is 23.9 Å². The number of carbonyl (C=O) groups excluding carboxylic acids is 3. The highest BCUT2D eigenvalue weighted by atomic mass is 35.5. The molecule has 3 amide bonds. The number of nitrogens with one attached hydrogen (secondary N) is 1. The number of carbonyl (C=O) groups is 3. The van der Waals surface area contributed by atoms with Crippen molar-refractivity contribution in [3.63, 3.8) is 0 Å². The molecular weight excluding hydrogens is 476 g/mol. The third-order valence-electron chi connectivity index (χ3n) is 7.88. The largest absolute Gasteiger partial charge is 0.495 e. The lowest BCUT2D eigenvalue weighted by Crippen LogP contribution is -2.54. The molecule has 4 atom stereocenters. The van der Waals surface area contributed by atoms with Crippen molar-refractivity contribution in [2.45, 2.75) is 31.3 Å². The molecule has 0 radical (unpaired) electrons. The van der Waals surface area contributed by atoms with Gasteiger partial charge in [-0.1, -0.05) is 11.6 Å². The quantitative estimate of drug-likeness (QED) is 0.393. The zero-order chi connectivity index (χ0) is 24.8. The molecule has 2 aromatic carbocycles. The van der Waals surface area contributed by atoms with Crippen LogP contribution in [0, 0.1) is 28.9 Å². The van der Waals surface area contributed by atoms with Crippen LogP contribution in [0.1, 0.15) is 24.0 Å². The first-order chi connectivity index (χ1) is 16.7. The smallest absolute Gasteiger partial charge is 0.271 e. The van der Waals surface area contributed by atoms with Gasteiger partial charge in [0.1, 0.15) is 17.0 Å². The average molecular weight is 497 g/mol. The first-order valence-corrected chi connectivity index (χ1v) is 11.7. The van der Waals surface area contributed by atoms with Gasteiger partial charge in [0.15, 0.2) is 0 Å². The minimum atomic E-state index is -1.38. The van der Waals surface area contributed by atoms with Gasteiger partial charge in [-0.15, -0.1) is 0 Å². The van der Waals surface area contributed by atoms with Gasteiger partial charge in [-0.3, -0.25) is 29.4 Å². The number of methoxy groups -OCH3 is 1. The summed E-state index contributed by atoms with van der Waals surface area (Å²) in [6.07, 6.45) is 1.43. The zero-order valence-corrected chi connectivity index (χ0v) is 19.7. The number of benzene rings is 2. The maximum Gasteiger partial charge on any atom is 0.271 e. The molecule has 0 aliphatic carbocycles. The number of imide groups is 1. The van der Waals surface area contributed by atoms with E-state index in [4.69, 9.17) is 16.3 Å². The van der Waals surface area contributed by atoms with Crippen molar-refractivity contribution in [2.24, 2.45) is 11.8 Å². The first kappa shape index (κ1) is 22.0. The van der Waals surface area contributed by atoms with Crippen LogP contribution in [0.15, 0.2) is 30.3 Å². The number of halogens is 1. The summed E-state index contributed by atoms with van der Waals surface area (Å²) < 4.78 is 5.35. The van der Waals surface area contributed by atoms with E-state index in [2.05, 4.69) is 5.32 Å². The number of ether oxygens (including phenoxy) is 1. The van der Waals surface area contributed by atoms with Crippen LogP contribution in [0.4, 0.5) is 17.1 Å². The Morgan fingerprint density at radius 1 is 1.20 bits per heavy atom. The molecule has 0 unspecified atom stereocenters. The second kappa shape index (κ2) is 7.25. The SMILES string of the molecule is COc1ccc([N+](=O)[O-])cc1N1C(=O)[C@H]2[C@@H](C1=O)[C@]1(C(=O)Nc3c(C)cc(Cl)cc31)N1CCC[C@@H]21. The lowest BCUT2D eigenvalue weighted by atomic mass is 9.75. The third kappa shape index (κ3) is 2.61. The minimum absolute atomic E-state index is 0.00620. The Morgan fingerprint density at radius 2 is 1.97 bits per heavy atom. The van der Waals surface area contributed by atoms with E-state index in [1.807, 2.05) is 11.8 Å². The fourth-order valence-corrected chi connectivity index (χ4v) is 6.91. The number of nitrogens with zero attached hydrogens (tertiary/aromatic N) is 3. The molecule has 0 bridgehead atoms. The first-order valence-electron chi connectivity index (χ1n) is 11.3. The number of anilines is 2. The molecule has 4 aliphatic heterocycles. The van der Waals surface area contributed by atoms with E-state index in [0.717, 1.165) is 16.9 Å². The molecule has 4 aliphatic rings. The lowest BCUT2D eigenvalue weighted by Gasteiger charge is -2.36. The number of rotatable bonds is 3. The molecule has 6 rings (SSSR count). The summed E-state index contributed by atoms with van der Waals surface area (Å²) >= 11 is 6.40. The molecule has 1 N–H and O–H groups in total. The molecular formula is C24H21ClN4O6. The summed E-state index contributed by atoms with van der Waals surface area (Å²) in [5.74, 6) is -3.02. The number of non-ortho nitro benzene ring substituents is 1. The van der Waals surface area contributed by atoms with Crippen molar-refractivity contribution in [1.82, 2.24) is 4.90 Å². The molecule has 180 valence electrons. The second-order valence-electron chi connectivity index (χ2n) is 9.40. The van der Waals surface area contributed by atoms with Crippen LogP contribution >= 0.6 is 11.6 Å². The monoisotopic (exact) mass is 496 g/mol. The standard InChI is InChI=1S/C24H21ClN4O6/c1-11-8-12(25)9-14-20(11)26-23(32)24(14)19-18(15-4-3-7-27(15)24)21(30)28(22(19)31)16-10-13(29(33)34)5-6-17(16)35-2/h5-6,8-10,15,18-19H,3-4,7H2,1-2H3,(H,26,32)/t15-,18+,19-,24+/m0/s1. The Balaban J connectivity index is 1.57. The van der Waals surface area contributed by atoms with Crippen molar-refractivity contribution < 1.29 is 24.0 Å². The van der Waals surface area contributed by atoms with Crippen molar-refractivity contribution in [1.29, 1.82) is 0 Å². The van der Waals surface area contributed by atoms with E-state index in [0.29, 0.717) is 29.2 Å². The Bertz CT molecular complexity index is 1360. The van der Waals surface area contributed by atoms with Crippen LogP contribution in [-0.2, 0) is 19.9 Å². The van der Waals surface area contributed by atoms with Gasteiger partial charge >= 0.3 is 0 Å². The van der Waals surface area contributed by atoms with Gasteiger partial charge in [0.25, 0.3) is 5.69 Å². The summed E-state index contributed by atoms with van der Waals surface area (Å²) in [6.45, 7) is 2.40. The van der Waals surface area contributed by atoms with Gasteiger partial charge in [0.05, 0.1) is 23.9 Å². The number of hydrogen-bond acceptors (Lipinski definition) is 7. The Hall–Kier alpha value is -3.50. The van der Waals surface area contributed by atoms with Crippen molar-refractivity contribution in [3.8, 4) is 5.75 Å². The Labute approximate surface area is 204 Å². The number of hydrogen-bond donors (Lipinski definition) is 1. The summed E-state index contributed by atoms with van der Waals surface area (Å²) in [5, 5.41) is 14.8. The fraction of sp³-hybridized carbons (Fsp3) is 0.375. The molecule has 3 fully saturated rings. The van der Waals surface area contributed by atoms with Crippen LogP contribution in [0.25, 0.3) is 0 Å². The van der Waals surface area contributed by atoms with Crippen LogP contribution < -0.4 is 15.0 Å². The summed E-state index contributed by atoms with van der Waals surface area (Å²) in [5.41, 5.74) is 0.324. The molecule has 1 spiro atoms. The van der Waals surface area contributed by atoms with E-state index in [-0.39, 0.29) is 29.1 Å². The number of aryl methyl sites for hydroxylation is 1. The summed E-state index contributed by atoms with van der Waals surface area (Å²) in [7, 11) is 1.36. The van der Waals surface area contributed by atoms with E-state index in [1.54, 1.807) is 12.1 Å². The van der Waals surface area contributed by atoms with Gasteiger partial charge in [-0.25, -0.2) is 4.90 Å².